The first-order valence-corrected chi connectivity index (χ1v) is 8.83. The summed E-state index contributed by atoms with van der Waals surface area (Å²) in [6.45, 7) is 3.27. The lowest BCUT2D eigenvalue weighted by Gasteiger charge is -2.29. The maximum absolute atomic E-state index is 11.6. The van der Waals surface area contributed by atoms with Crippen molar-refractivity contribution in [1.29, 1.82) is 0 Å². The number of hydrogen-bond acceptors (Lipinski definition) is 4. The maximum atomic E-state index is 11.6. The molecule has 2 heterocycles. The number of carboxylic acids is 1. The average molecular weight is 351 g/mol. The number of fused-ring (bicyclic) bond motifs is 1. The fourth-order valence-electron chi connectivity index (χ4n) is 3.40. The lowest BCUT2D eigenvalue weighted by molar-refractivity contribution is -0.132. The Labute approximate surface area is 152 Å². The summed E-state index contributed by atoms with van der Waals surface area (Å²) >= 11 is 0. The molecule has 0 spiro atoms. The zero-order valence-corrected chi connectivity index (χ0v) is 14.4. The molecule has 2 aliphatic heterocycles. The smallest absolute Gasteiger partial charge is 0.331 e. The van der Waals surface area contributed by atoms with Crippen molar-refractivity contribution in [2.24, 2.45) is 0 Å². The molecule has 2 aromatic rings. The van der Waals surface area contributed by atoms with Gasteiger partial charge in [-0.2, -0.15) is 0 Å². The Morgan fingerprint density at radius 1 is 1.04 bits per heavy atom. The number of aliphatic carboxylic acids is 1. The molecule has 2 aliphatic rings. The molecule has 0 radical (unpaired) electrons. The van der Waals surface area contributed by atoms with Crippen LogP contribution in [-0.2, 0) is 9.53 Å². The average Bonchev–Trinajstić information content (AvgIpc) is 2.89. The summed E-state index contributed by atoms with van der Waals surface area (Å²) in [6.07, 6.45) is 1.72. The number of carboxylic acid groups (broad SMARTS) is 1. The highest BCUT2D eigenvalue weighted by atomic mass is 16.5. The summed E-state index contributed by atoms with van der Waals surface area (Å²) in [4.78, 5) is 13.9. The van der Waals surface area contributed by atoms with E-state index in [2.05, 4.69) is 17.0 Å². The van der Waals surface area contributed by atoms with Gasteiger partial charge in [-0.1, -0.05) is 30.3 Å². The van der Waals surface area contributed by atoms with Gasteiger partial charge < -0.3 is 19.5 Å². The van der Waals surface area contributed by atoms with Crippen LogP contribution in [0.2, 0.25) is 0 Å². The van der Waals surface area contributed by atoms with E-state index in [-0.39, 0.29) is 6.10 Å². The molecule has 134 valence electrons. The Morgan fingerprint density at radius 3 is 2.50 bits per heavy atom. The van der Waals surface area contributed by atoms with Crippen LogP contribution in [-0.4, -0.2) is 37.4 Å². The van der Waals surface area contributed by atoms with E-state index < -0.39 is 5.97 Å². The van der Waals surface area contributed by atoms with E-state index in [9.17, 15) is 9.90 Å². The maximum Gasteiger partial charge on any atom is 0.331 e. The van der Waals surface area contributed by atoms with E-state index in [0.29, 0.717) is 17.7 Å². The van der Waals surface area contributed by atoms with Crippen LogP contribution >= 0.6 is 0 Å². The lowest BCUT2D eigenvalue weighted by Crippen LogP contribution is -2.36. The fraction of sp³-hybridized carbons (Fsp3) is 0.286. The van der Waals surface area contributed by atoms with Gasteiger partial charge in [0.05, 0.1) is 13.2 Å². The molecule has 1 saturated heterocycles. The molecule has 1 atom stereocenters. The number of anilines is 1. The van der Waals surface area contributed by atoms with Gasteiger partial charge in [-0.05, 0) is 29.8 Å². The van der Waals surface area contributed by atoms with Crippen LogP contribution < -0.4 is 9.64 Å². The second kappa shape index (κ2) is 7.22. The topological polar surface area (TPSA) is 59.0 Å². The van der Waals surface area contributed by atoms with Crippen LogP contribution in [0.15, 0.2) is 54.1 Å². The minimum absolute atomic E-state index is 0.320. The summed E-state index contributed by atoms with van der Waals surface area (Å²) in [5, 5.41) is 9.53. The van der Waals surface area contributed by atoms with Crippen LogP contribution in [0.3, 0.4) is 0 Å². The number of hydrogen-bond donors (Lipinski definition) is 1. The normalized spacial score (nSPS) is 19.8. The van der Waals surface area contributed by atoms with Crippen LogP contribution in [0.25, 0.3) is 6.08 Å². The number of rotatable bonds is 3. The summed E-state index contributed by atoms with van der Waals surface area (Å²) in [6, 6.07) is 15.8. The molecular formula is C21H21NO4. The van der Waals surface area contributed by atoms with E-state index in [1.165, 1.54) is 0 Å². The molecule has 0 aromatic heterocycles. The summed E-state index contributed by atoms with van der Waals surface area (Å²) < 4.78 is 11.6. The third kappa shape index (κ3) is 3.44. The predicted molar refractivity (Wildman–Crippen MR) is 99.5 cm³/mol. The van der Waals surface area contributed by atoms with E-state index in [0.717, 1.165) is 43.1 Å². The quantitative estimate of drug-likeness (QED) is 0.917. The predicted octanol–water partition coefficient (Wildman–Crippen LogP) is 3.52. The van der Waals surface area contributed by atoms with Crippen molar-refractivity contribution in [2.75, 3.05) is 31.2 Å². The zero-order valence-electron chi connectivity index (χ0n) is 14.4. The minimum atomic E-state index is -0.903. The summed E-state index contributed by atoms with van der Waals surface area (Å²) in [5.41, 5.74) is 3.29. The van der Waals surface area contributed by atoms with Gasteiger partial charge in [0, 0.05) is 36.3 Å². The van der Waals surface area contributed by atoms with Crippen molar-refractivity contribution >= 4 is 17.7 Å². The first-order valence-electron chi connectivity index (χ1n) is 8.83. The SMILES string of the molecule is O=C(O)C1=Cc2ccccc2OC(c2ccc(N3CCOCC3)cc2)C1. The second-order valence-electron chi connectivity index (χ2n) is 6.51. The van der Waals surface area contributed by atoms with Gasteiger partial charge in [-0.3, -0.25) is 0 Å². The third-order valence-corrected chi connectivity index (χ3v) is 4.84. The minimum Gasteiger partial charge on any atom is -0.485 e. The van der Waals surface area contributed by atoms with E-state index in [1.54, 1.807) is 6.08 Å². The molecular weight excluding hydrogens is 330 g/mol. The number of ether oxygens (including phenoxy) is 2. The van der Waals surface area contributed by atoms with Gasteiger partial charge in [0.1, 0.15) is 11.9 Å². The van der Waals surface area contributed by atoms with Crippen molar-refractivity contribution in [2.45, 2.75) is 12.5 Å². The number of benzene rings is 2. The Bertz CT molecular complexity index is 822. The fourth-order valence-corrected chi connectivity index (χ4v) is 3.40. The number of nitrogens with zero attached hydrogens (tertiary/aromatic N) is 1. The first kappa shape index (κ1) is 16.7. The van der Waals surface area contributed by atoms with Gasteiger partial charge in [0.15, 0.2) is 0 Å². The van der Waals surface area contributed by atoms with E-state index in [4.69, 9.17) is 9.47 Å². The third-order valence-electron chi connectivity index (χ3n) is 4.84. The summed E-state index contributed by atoms with van der Waals surface area (Å²) in [7, 11) is 0. The highest BCUT2D eigenvalue weighted by Gasteiger charge is 2.24. The molecule has 2 aromatic carbocycles. The molecule has 1 fully saturated rings. The highest BCUT2D eigenvalue weighted by Crippen LogP contribution is 2.35. The van der Waals surface area contributed by atoms with Crippen molar-refractivity contribution < 1.29 is 19.4 Å². The highest BCUT2D eigenvalue weighted by molar-refractivity contribution is 5.93. The zero-order chi connectivity index (χ0) is 17.9. The first-order chi connectivity index (χ1) is 12.7. The lowest BCUT2D eigenvalue weighted by atomic mass is 10.0. The van der Waals surface area contributed by atoms with Crippen molar-refractivity contribution in [3.8, 4) is 5.75 Å². The van der Waals surface area contributed by atoms with Gasteiger partial charge in [0.25, 0.3) is 0 Å². The molecule has 5 nitrogen and oxygen atoms in total. The van der Waals surface area contributed by atoms with Crippen LogP contribution in [0.5, 0.6) is 5.75 Å². The van der Waals surface area contributed by atoms with Crippen LogP contribution in [0.1, 0.15) is 23.7 Å². The van der Waals surface area contributed by atoms with E-state index in [1.807, 2.05) is 36.4 Å². The largest absolute Gasteiger partial charge is 0.485 e. The number of para-hydroxylation sites is 1. The van der Waals surface area contributed by atoms with Crippen molar-refractivity contribution in [3.05, 3.63) is 65.2 Å². The molecule has 0 aliphatic carbocycles. The standard InChI is InChI=1S/C21H21NO4/c23-21(24)17-13-16-3-1-2-4-19(16)26-20(14-17)15-5-7-18(8-6-15)22-9-11-25-12-10-22/h1-8,13,20H,9-12,14H2,(H,23,24). The molecule has 1 N–H and O–H groups in total. The molecule has 26 heavy (non-hydrogen) atoms. The molecule has 5 heteroatoms. The molecule has 4 rings (SSSR count). The Hall–Kier alpha value is -2.79. The number of carbonyl (C=O) groups is 1. The molecule has 0 saturated carbocycles. The van der Waals surface area contributed by atoms with Crippen LogP contribution in [0, 0.1) is 0 Å². The van der Waals surface area contributed by atoms with Gasteiger partial charge in [-0.15, -0.1) is 0 Å². The Morgan fingerprint density at radius 2 is 1.77 bits per heavy atom. The monoisotopic (exact) mass is 351 g/mol. The molecule has 0 amide bonds. The molecule has 1 unspecified atom stereocenters. The van der Waals surface area contributed by atoms with Crippen molar-refractivity contribution in [3.63, 3.8) is 0 Å². The van der Waals surface area contributed by atoms with Gasteiger partial charge in [0.2, 0.25) is 0 Å². The van der Waals surface area contributed by atoms with Crippen LogP contribution in [0.4, 0.5) is 5.69 Å². The van der Waals surface area contributed by atoms with E-state index >= 15 is 0 Å². The number of morpholine rings is 1. The van der Waals surface area contributed by atoms with Gasteiger partial charge >= 0.3 is 5.97 Å². The Kier molecular flexibility index (Phi) is 4.63. The second-order valence-corrected chi connectivity index (χ2v) is 6.51. The summed E-state index contributed by atoms with van der Waals surface area (Å²) in [5.74, 6) is -0.189. The van der Waals surface area contributed by atoms with Crippen molar-refractivity contribution in [1.82, 2.24) is 0 Å². The molecule has 0 bridgehead atoms. The Balaban J connectivity index is 1.60. The van der Waals surface area contributed by atoms with Gasteiger partial charge in [-0.25, -0.2) is 4.79 Å².